The summed E-state index contributed by atoms with van der Waals surface area (Å²) in [6.07, 6.45) is 2.30. The molecule has 3 aromatic rings. The Morgan fingerprint density at radius 1 is 0.933 bits per heavy atom. The van der Waals surface area contributed by atoms with Gasteiger partial charge in [-0.2, -0.15) is 0 Å². The van der Waals surface area contributed by atoms with Crippen LogP contribution in [0.1, 0.15) is 42.5 Å². The quantitative estimate of drug-likeness (QED) is 0.542. The first kappa shape index (κ1) is 19.2. The van der Waals surface area contributed by atoms with Crippen LogP contribution in [0.25, 0.3) is 10.8 Å². The van der Waals surface area contributed by atoms with Crippen molar-refractivity contribution in [1.29, 1.82) is 0 Å². The molecule has 3 aromatic carbocycles. The fraction of sp³-hybridized carbons (Fsp3) is 0.333. The van der Waals surface area contributed by atoms with Crippen molar-refractivity contribution in [3.05, 3.63) is 82.9 Å². The summed E-state index contributed by atoms with van der Waals surface area (Å²) in [5, 5.41) is 2.58. The number of benzene rings is 3. The monoisotopic (exact) mass is 395 g/mol. The Kier molecular flexibility index (Phi) is 5.22. The van der Waals surface area contributed by atoms with Crippen molar-refractivity contribution in [1.82, 2.24) is 4.90 Å². The van der Waals surface area contributed by atoms with Crippen molar-refractivity contribution >= 4 is 22.3 Å². The molecule has 0 bridgehead atoms. The molecule has 2 heterocycles. The predicted octanol–water partition coefficient (Wildman–Crippen LogP) is 5.49. The van der Waals surface area contributed by atoms with Gasteiger partial charge < -0.3 is 0 Å². The standard InChI is InChI=1S/C27H29N3/c1-3-6-20-9-11-21(12-10-20)26-15-28-27(29-26)25-14-13-22(18-30-16-19(2)17-30)23-7-4-5-8-24(23)25/h4-5,7-14,19H,3,6,15-18H2,1-2H3. The number of aliphatic imine (C=N–C) groups is 2. The Hall–Kier alpha value is -2.78. The van der Waals surface area contributed by atoms with Crippen molar-refractivity contribution in [2.45, 2.75) is 33.2 Å². The summed E-state index contributed by atoms with van der Waals surface area (Å²) in [6.45, 7) is 8.62. The second-order valence-corrected chi connectivity index (χ2v) is 8.76. The van der Waals surface area contributed by atoms with Crippen molar-refractivity contribution < 1.29 is 0 Å². The van der Waals surface area contributed by atoms with Gasteiger partial charge in [-0.1, -0.05) is 80.9 Å². The van der Waals surface area contributed by atoms with E-state index in [4.69, 9.17) is 9.98 Å². The SMILES string of the molecule is CCCc1ccc(C2=NC(c3ccc(CN4CC(C)C4)c4ccccc34)=NC2)cc1. The minimum Gasteiger partial charge on any atom is -0.298 e. The lowest BCUT2D eigenvalue weighted by Crippen LogP contribution is -2.44. The van der Waals surface area contributed by atoms with Gasteiger partial charge in [0.2, 0.25) is 0 Å². The van der Waals surface area contributed by atoms with E-state index in [2.05, 4.69) is 79.4 Å². The molecule has 2 aliphatic heterocycles. The van der Waals surface area contributed by atoms with Crippen LogP contribution in [0.15, 0.2) is 70.6 Å². The van der Waals surface area contributed by atoms with E-state index in [-0.39, 0.29) is 0 Å². The Bertz CT molecular complexity index is 1120. The number of likely N-dealkylation sites (tertiary alicyclic amines) is 1. The highest BCUT2D eigenvalue weighted by molar-refractivity contribution is 6.20. The van der Waals surface area contributed by atoms with Gasteiger partial charge in [0.05, 0.1) is 12.3 Å². The second kappa shape index (κ2) is 8.16. The number of fused-ring (bicyclic) bond motifs is 1. The van der Waals surface area contributed by atoms with Crippen LogP contribution in [0.4, 0.5) is 0 Å². The van der Waals surface area contributed by atoms with Crippen LogP contribution in [-0.4, -0.2) is 36.1 Å². The second-order valence-electron chi connectivity index (χ2n) is 8.76. The van der Waals surface area contributed by atoms with Crippen molar-refractivity contribution in [2.24, 2.45) is 15.9 Å². The Morgan fingerprint density at radius 3 is 2.43 bits per heavy atom. The summed E-state index contributed by atoms with van der Waals surface area (Å²) in [5.41, 5.74) is 6.18. The molecule has 0 aromatic heterocycles. The third-order valence-electron chi connectivity index (χ3n) is 6.23. The van der Waals surface area contributed by atoms with Crippen molar-refractivity contribution in [3.8, 4) is 0 Å². The molecule has 1 fully saturated rings. The van der Waals surface area contributed by atoms with Crippen molar-refractivity contribution in [3.63, 3.8) is 0 Å². The Labute approximate surface area is 179 Å². The van der Waals surface area contributed by atoms with Gasteiger partial charge >= 0.3 is 0 Å². The van der Waals surface area contributed by atoms with E-state index in [1.165, 1.54) is 47.0 Å². The van der Waals surface area contributed by atoms with Crippen molar-refractivity contribution in [2.75, 3.05) is 19.6 Å². The summed E-state index contributed by atoms with van der Waals surface area (Å²) in [7, 11) is 0. The smallest absolute Gasteiger partial charge is 0.155 e. The Balaban J connectivity index is 1.43. The average Bonchev–Trinajstić information content (AvgIpc) is 3.23. The van der Waals surface area contributed by atoms with Gasteiger partial charge in [-0.25, -0.2) is 4.99 Å². The summed E-state index contributed by atoms with van der Waals surface area (Å²) in [6, 6.07) is 22.0. The maximum Gasteiger partial charge on any atom is 0.155 e. The highest BCUT2D eigenvalue weighted by atomic mass is 15.2. The first-order chi connectivity index (χ1) is 14.7. The molecule has 0 amide bonds. The molecular formula is C27H29N3. The van der Waals surface area contributed by atoms with Gasteiger partial charge in [-0.05, 0) is 39.8 Å². The highest BCUT2D eigenvalue weighted by Gasteiger charge is 2.23. The zero-order chi connectivity index (χ0) is 20.5. The minimum absolute atomic E-state index is 0.657. The van der Waals surface area contributed by atoms with Gasteiger partial charge in [-0.3, -0.25) is 9.89 Å². The molecule has 0 saturated carbocycles. The molecule has 5 rings (SSSR count). The molecule has 0 atom stereocenters. The van der Waals surface area contributed by atoms with Crippen LogP contribution in [0.2, 0.25) is 0 Å². The molecule has 1 saturated heterocycles. The van der Waals surface area contributed by atoms with E-state index < -0.39 is 0 Å². The lowest BCUT2D eigenvalue weighted by molar-refractivity contribution is 0.105. The van der Waals surface area contributed by atoms with Gasteiger partial charge in [0.25, 0.3) is 0 Å². The molecule has 0 spiro atoms. The summed E-state index contributed by atoms with van der Waals surface area (Å²) >= 11 is 0. The van der Waals surface area contributed by atoms with Gasteiger partial charge in [0.15, 0.2) is 5.84 Å². The fourth-order valence-corrected chi connectivity index (χ4v) is 4.69. The highest BCUT2D eigenvalue weighted by Crippen LogP contribution is 2.28. The first-order valence-corrected chi connectivity index (χ1v) is 11.2. The van der Waals surface area contributed by atoms with Crippen LogP contribution < -0.4 is 0 Å². The van der Waals surface area contributed by atoms with Gasteiger partial charge in [0, 0.05) is 25.2 Å². The van der Waals surface area contributed by atoms with Crippen LogP contribution in [0.5, 0.6) is 0 Å². The number of aryl methyl sites for hydroxylation is 1. The molecule has 0 radical (unpaired) electrons. The summed E-state index contributed by atoms with van der Waals surface area (Å²) in [4.78, 5) is 12.3. The van der Waals surface area contributed by atoms with Crippen LogP contribution in [-0.2, 0) is 13.0 Å². The number of rotatable bonds is 6. The average molecular weight is 396 g/mol. The molecule has 0 aliphatic carbocycles. The summed E-state index contributed by atoms with van der Waals surface area (Å²) in [5.74, 6) is 1.69. The number of amidine groups is 1. The normalized spacial score (nSPS) is 17.1. The Morgan fingerprint density at radius 2 is 1.70 bits per heavy atom. The van der Waals surface area contributed by atoms with E-state index in [1.807, 2.05) is 0 Å². The van der Waals surface area contributed by atoms with Gasteiger partial charge in [0.1, 0.15) is 0 Å². The van der Waals surface area contributed by atoms with E-state index >= 15 is 0 Å². The third kappa shape index (κ3) is 3.70. The zero-order valence-corrected chi connectivity index (χ0v) is 17.9. The molecule has 3 heteroatoms. The van der Waals surface area contributed by atoms with Crippen LogP contribution in [0.3, 0.4) is 0 Å². The zero-order valence-electron chi connectivity index (χ0n) is 17.9. The molecular weight excluding hydrogens is 366 g/mol. The van der Waals surface area contributed by atoms with E-state index in [0.29, 0.717) is 6.54 Å². The molecule has 2 aliphatic rings. The van der Waals surface area contributed by atoms with E-state index in [1.54, 1.807) is 0 Å². The molecule has 0 unspecified atom stereocenters. The molecule has 0 N–H and O–H groups in total. The lowest BCUT2D eigenvalue weighted by atomic mass is 9.96. The summed E-state index contributed by atoms with van der Waals surface area (Å²) < 4.78 is 0. The molecule has 152 valence electrons. The lowest BCUT2D eigenvalue weighted by Gasteiger charge is -2.37. The number of hydrogen-bond acceptors (Lipinski definition) is 3. The predicted molar refractivity (Wildman–Crippen MR) is 127 cm³/mol. The van der Waals surface area contributed by atoms with Gasteiger partial charge in [-0.15, -0.1) is 0 Å². The van der Waals surface area contributed by atoms with E-state index in [9.17, 15) is 0 Å². The number of hydrogen-bond donors (Lipinski definition) is 0. The minimum atomic E-state index is 0.657. The van der Waals surface area contributed by atoms with Crippen LogP contribution >= 0.6 is 0 Å². The van der Waals surface area contributed by atoms with Crippen LogP contribution in [0, 0.1) is 5.92 Å². The van der Waals surface area contributed by atoms with E-state index in [0.717, 1.165) is 36.0 Å². The maximum absolute atomic E-state index is 4.94. The maximum atomic E-state index is 4.94. The third-order valence-corrected chi connectivity index (χ3v) is 6.23. The molecule has 3 nitrogen and oxygen atoms in total. The molecule has 30 heavy (non-hydrogen) atoms. The number of nitrogens with zero attached hydrogens (tertiary/aromatic N) is 3. The topological polar surface area (TPSA) is 28.0 Å². The largest absolute Gasteiger partial charge is 0.298 e. The first-order valence-electron chi connectivity index (χ1n) is 11.2. The fourth-order valence-electron chi connectivity index (χ4n) is 4.69.